The quantitative estimate of drug-likeness (QED) is 0.855. The fraction of sp³-hybridized carbons (Fsp3) is 0.538. The standard InChI is InChI=1S/C13H18FNO/c14-11-3-1-10(2-4-11)9-16-13-7-5-12(15)6-8-13/h1-4,12-13H,5-9,15H2. The van der Waals surface area contributed by atoms with Crippen molar-refractivity contribution in [3.63, 3.8) is 0 Å². The molecule has 0 heterocycles. The maximum absolute atomic E-state index is 12.7. The van der Waals surface area contributed by atoms with Crippen molar-refractivity contribution in [2.24, 2.45) is 5.73 Å². The summed E-state index contributed by atoms with van der Waals surface area (Å²) in [6.45, 7) is 0.570. The molecule has 0 atom stereocenters. The van der Waals surface area contributed by atoms with Crippen LogP contribution in [0.3, 0.4) is 0 Å². The van der Waals surface area contributed by atoms with Crippen molar-refractivity contribution in [1.29, 1.82) is 0 Å². The molecule has 0 radical (unpaired) electrons. The van der Waals surface area contributed by atoms with Crippen molar-refractivity contribution in [3.8, 4) is 0 Å². The lowest BCUT2D eigenvalue weighted by Crippen LogP contribution is -2.30. The van der Waals surface area contributed by atoms with E-state index in [1.165, 1.54) is 12.1 Å². The third-order valence-electron chi connectivity index (χ3n) is 3.12. The van der Waals surface area contributed by atoms with Gasteiger partial charge >= 0.3 is 0 Å². The fourth-order valence-corrected chi connectivity index (χ4v) is 2.05. The molecular weight excluding hydrogens is 205 g/mol. The van der Waals surface area contributed by atoms with Crippen LogP contribution < -0.4 is 5.73 Å². The zero-order chi connectivity index (χ0) is 11.4. The second-order valence-electron chi connectivity index (χ2n) is 4.47. The molecule has 88 valence electrons. The van der Waals surface area contributed by atoms with Crippen molar-refractivity contribution in [3.05, 3.63) is 35.6 Å². The average molecular weight is 223 g/mol. The van der Waals surface area contributed by atoms with Crippen LogP contribution in [0.5, 0.6) is 0 Å². The Hall–Kier alpha value is -0.930. The molecule has 0 aromatic heterocycles. The Kier molecular flexibility index (Phi) is 3.91. The summed E-state index contributed by atoms with van der Waals surface area (Å²) in [5.41, 5.74) is 6.85. The molecule has 2 N–H and O–H groups in total. The number of nitrogens with two attached hydrogens (primary N) is 1. The summed E-state index contributed by atoms with van der Waals surface area (Å²) in [4.78, 5) is 0. The molecule has 0 spiro atoms. The first-order valence-corrected chi connectivity index (χ1v) is 5.85. The van der Waals surface area contributed by atoms with Gasteiger partial charge in [0.05, 0.1) is 12.7 Å². The number of hydrogen-bond acceptors (Lipinski definition) is 2. The van der Waals surface area contributed by atoms with Crippen LogP contribution >= 0.6 is 0 Å². The van der Waals surface area contributed by atoms with Crippen LogP contribution in [0.1, 0.15) is 31.2 Å². The Morgan fingerprint density at radius 2 is 1.75 bits per heavy atom. The molecule has 16 heavy (non-hydrogen) atoms. The Balaban J connectivity index is 1.77. The molecular formula is C13H18FNO. The van der Waals surface area contributed by atoms with Crippen molar-refractivity contribution in [2.75, 3.05) is 0 Å². The Morgan fingerprint density at radius 3 is 2.38 bits per heavy atom. The van der Waals surface area contributed by atoms with Crippen LogP contribution in [0.25, 0.3) is 0 Å². The minimum atomic E-state index is -0.201. The molecule has 0 amide bonds. The molecule has 0 aliphatic heterocycles. The molecule has 1 fully saturated rings. The summed E-state index contributed by atoms with van der Waals surface area (Å²) in [6, 6.07) is 6.82. The van der Waals surface area contributed by atoms with Gasteiger partial charge in [0, 0.05) is 6.04 Å². The summed E-state index contributed by atoms with van der Waals surface area (Å²) < 4.78 is 18.4. The van der Waals surface area contributed by atoms with Crippen molar-refractivity contribution < 1.29 is 9.13 Å². The highest BCUT2D eigenvalue weighted by Crippen LogP contribution is 2.20. The monoisotopic (exact) mass is 223 g/mol. The first-order valence-electron chi connectivity index (χ1n) is 5.85. The zero-order valence-electron chi connectivity index (χ0n) is 9.36. The van der Waals surface area contributed by atoms with Crippen LogP contribution in [0.2, 0.25) is 0 Å². The predicted octanol–water partition coefficient (Wildman–Crippen LogP) is 2.61. The summed E-state index contributed by atoms with van der Waals surface area (Å²) in [6.07, 6.45) is 4.51. The van der Waals surface area contributed by atoms with E-state index in [0.717, 1.165) is 31.2 Å². The van der Waals surface area contributed by atoms with Gasteiger partial charge in [-0.15, -0.1) is 0 Å². The highest BCUT2D eigenvalue weighted by Gasteiger charge is 2.18. The van der Waals surface area contributed by atoms with Gasteiger partial charge in [-0.2, -0.15) is 0 Å². The normalized spacial score (nSPS) is 25.6. The van der Waals surface area contributed by atoms with Gasteiger partial charge in [-0.25, -0.2) is 4.39 Å². The van der Waals surface area contributed by atoms with E-state index >= 15 is 0 Å². The summed E-state index contributed by atoms with van der Waals surface area (Å²) in [7, 11) is 0. The van der Waals surface area contributed by atoms with Gasteiger partial charge in [-0.1, -0.05) is 12.1 Å². The molecule has 0 bridgehead atoms. The largest absolute Gasteiger partial charge is 0.374 e. The topological polar surface area (TPSA) is 35.2 Å². The van der Waals surface area contributed by atoms with E-state index in [4.69, 9.17) is 10.5 Å². The van der Waals surface area contributed by atoms with Crippen LogP contribution in [0.4, 0.5) is 4.39 Å². The summed E-state index contributed by atoms with van der Waals surface area (Å²) >= 11 is 0. The van der Waals surface area contributed by atoms with E-state index in [0.29, 0.717) is 18.8 Å². The SMILES string of the molecule is NC1CCC(OCc2ccc(F)cc2)CC1. The molecule has 3 heteroatoms. The van der Waals surface area contributed by atoms with Crippen molar-refractivity contribution >= 4 is 0 Å². The van der Waals surface area contributed by atoms with Crippen LogP contribution in [-0.2, 0) is 11.3 Å². The Labute approximate surface area is 95.6 Å². The molecule has 0 unspecified atom stereocenters. The first kappa shape index (κ1) is 11.6. The maximum atomic E-state index is 12.7. The van der Waals surface area contributed by atoms with Gasteiger partial charge in [0.2, 0.25) is 0 Å². The molecule has 2 nitrogen and oxygen atoms in total. The van der Waals surface area contributed by atoms with Gasteiger partial charge in [0.15, 0.2) is 0 Å². The lowest BCUT2D eigenvalue weighted by Gasteiger charge is -2.26. The lowest BCUT2D eigenvalue weighted by atomic mass is 9.94. The number of ether oxygens (including phenoxy) is 1. The highest BCUT2D eigenvalue weighted by molar-refractivity contribution is 5.14. The molecule has 1 aliphatic rings. The number of halogens is 1. The van der Waals surface area contributed by atoms with E-state index < -0.39 is 0 Å². The fourth-order valence-electron chi connectivity index (χ4n) is 2.05. The smallest absolute Gasteiger partial charge is 0.123 e. The van der Waals surface area contributed by atoms with E-state index in [9.17, 15) is 4.39 Å². The van der Waals surface area contributed by atoms with Crippen molar-refractivity contribution in [2.45, 2.75) is 44.4 Å². The average Bonchev–Trinajstić information content (AvgIpc) is 2.30. The Bertz CT molecular complexity index is 317. The molecule has 1 saturated carbocycles. The molecule has 1 aromatic rings. The number of hydrogen-bond donors (Lipinski definition) is 1. The zero-order valence-corrected chi connectivity index (χ0v) is 9.36. The Morgan fingerprint density at radius 1 is 1.12 bits per heavy atom. The van der Waals surface area contributed by atoms with Gasteiger partial charge in [0.1, 0.15) is 5.82 Å². The number of rotatable bonds is 3. The van der Waals surface area contributed by atoms with E-state index in [-0.39, 0.29) is 5.82 Å². The molecule has 1 aliphatic carbocycles. The van der Waals surface area contributed by atoms with E-state index in [1.807, 2.05) is 0 Å². The van der Waals surface area contributed by atoms with E-state index in [2.05, 4.69) is 0 Å². The second-order valence-corrected chi connectivity index (χ2v) is 4.47. The van der Waals surface area contributed by atoms with Crippen molar-refractivity contribution in [1.82, 2.24) is 0 Å². The second kappa shape index (κ2) is 5.41. The van der Waals surface area contributed by atoms with Gasteiger partial charge < -0.3 is 10.5 Å². The van der Waals surface area contributed by atoms with Crippen LogP contribution in [-0.4, -0.2) is 12.1 Å². The van der Waals surface area contributed by atoms with Gasteiger partial charge in [-0.3, -0.25) is 0 Å². The van der Waals surface area contributed by atoms with Crippen LogP contribution in [0.15, 0.2) is 24.3 Å². The molecule has 0 saturated heterocycles. The van der Waals surface area contributed by atoms with Gasteiger partial charge in [0.25, 0.3) is 0 Å². The summed E-state index contributed by atoms with van der Waals surface area (Å²) in [5, 5.41) is 0. The minimum Gasteiger partial charge on any atom is -0.374 e. The summed E-state index contributed by atoms with van der Waals surface area (Å²) in [5.74, 6) is -0.201. The van der Waals surface area contributed by atoms with Gasteiger partial charge in [-0.05, 0) is 43.4 Å². The lowest BCUT2D eigenvalue weighted by molar-refractivity contribution is 0.0138. The molecule has 2 rings (SSSR count). The molecule has 1 aromatic carbocycles. The first-order chi connectivity index (χ1) is 7.74. The minimum absolute atomic E-state index is 0.201. The third kappa shape index (κ3) is 3.29. The number of benzene rings is 1. The van der Waals surface area contributed by atoms with E-state index in [1.54, 1.807) is 12.1 Å². The maximum Gasteiger partial charge on any atom is 0.123 e. The highest BCUT2D eigenvalue weighted by atomic mass is 19.1. The predicted molar refractivity (Wildman–Crippen MR) is 61.4 cm³/mol. The third-order valence-corrected chi connectivity index (χ3v) is 3.12. The van der Waals surface area contributed by atoms with Crippen LogP contribution in [0, 0.1) is 5.82 Å².